The van der Waals surface area contributed by atoms with Crippen molar-refractivity contribution in [1.29, 1.82) is 0 Å². The number of hydrogen-bond acceptors (Lipinski definition) is 5. The van der Waals surface area contributed by atoms with Crippen molar-refractivity contribution in [2.45, 2.75) is 24.3 Å². The number of nitrogen functional groups attached to an aromatic ring is 1. The third-order valence-electron chi connectivity index (χ3n) is 2.65. The van der Waals surface area contributed by atoms with E-state index in [2.05, 4.69) is 4.98 Å². The fourth-order valence-corrected chi connectivity index (χ4v) is 2.70. The fraction of sp³-hybridized carbons (Fsp3) is 0.500. The maximum absolute atomic E-state index is 12.2. The Bertz CT molecular complexity index is 499. The maximum atomic E-state index is 12.2. The molecule has 1 aromatic rings. The van der Waals surface area contributed by atoms with E-state index < -0.39 is 15.6 Å². The molecule has 0 amide bonds. The first-order valence-electron chi connectivity index (χ1n) is 5.03. The molecule has 6 nitrogen and oxygen atoms in total. The van der Waals surface area contributed by atoms with Gasteiger partial charge in [0.1, 0.15) is 5.82 Å². The summed E-state index contributed by atoms with van der Waals surface area (Å²) in [5, 5.41) is 9.19. The Morgan fingerprint density at radius 2 is 2.12 bits per heavy atom. The number of sulfonamides is 1. The van der Waals surface area contributed by atoms with E-state index in [9.17, 15) is 13.5 Å². The summed E-state index contributed by atoms with van der Waals surface area (Å²) in [6, 6.07) is 2.66. The first kappa shape index (κ1) is 13.9. The van der Waals surface area contributed by atoms with Gasteiger partial charge in [0.05, 0.1) is 17.0 Å². The molecule has 1 aromatic heterocycles. The van der Waals surface area contributed by atoms with E-state index in [4.69, 9.17) is 5.73 Å². The number of rotatable bonds is 4. The molecule has 0 spiro atoms. The van der Waals surface area contributed by atoms with Crippen LogP contribution < -0.4 is 5.73 Å². The summed E-state index contributed by atoms with van der Waals surface area (Å²) in [6.07, 6.45) is 1.34. The Balaban J connectivity index is 3.21. The van der Waals surface area contributed by atoms with Gasteiger partial charge in [-0.05, 0) is 19.9 Å². The van der Waals surface area contributed by atoms with Crippen LogP contribution in [0.15, 0.2) is 23.2 Å². The highest BCUT2D eigenvalue weighted by Crippen LogP contribution is 2.22. The van der Waals surface area contributed by atoms with Crippen molar-refractivity contribution in [3.63, 3.8) is 0 Å². The van der Waals surface area contributed by atoms with Gasteiger partial charge in [0, 0.05) is 19.3 Å². The summed E-state index contributed by atoms with van der Waals surface area (Å²) in [5.74, 6) is 0.140. The van der Waals surface area contributed by atoms with Crippen LogP contribution in [0.5, 0.6) is 0 Å². The van der Waals surface area contributed by atoms with Gasteiger partial charge in [0.15, 0.2) is 0 Å². The van der Waals surface area contributed by atoms with Gasteiger partial charge in [-0.1, -0.05) is 0 Å². The highest BCUT2D eigenvalue weighted by atomic mass is 32.2. The molecule has 0 bridgehead atoms. The second-order valence-electron chi connectivity index (χ2n) is 4.36. The van der Waals surface area contributed by atoms with E-state index in [0.717, 1.165) is 4.31 Å². The van der Waals surface area contributed by atoms with Gasteiger partial charge in [-0.3, -0.25) is 0 Å². The van der Waals surface area contributed by atoms with Crippen molar-refractivity contribution in [3.8, 4) is 0 Å². The number of likely N-dealkylation sites (N-methyl/N-ethyl adjacent to an activating group) is 1. The quantitative estimate of drug-likeness (QED) is 0.796. The zero-order chi connectivity index (χ0) is 13.3. The summed E-state index contributed by atoms with van der Waals surface area (Å²) in [4.78, 5) is 3.80. The van der Waals surface area contributed by atoms with Crippen LogP contribution in [0.2, 0.25) is 0 Å². The molecule has 7 heteroatoms. The average molecular weight is 259 g/mol. The van der Waals surface area contributed by atoms with Crippen LogP contribution in [0.4, 0.5) is 5.82 Å². The second-order valence-corrected chi connectivity index (χ2v) is 6.33. The van der Waals surface area contributed by atoms with Crippen LogP contribution >= 0.6 is 0 Å². The van der Waals surface area contributed by atoms with E-state index in [1.165, 1.54) is 25.4 Å². The molecular formula is C10H17N3O3S. The van der Waals surface area contributed by atoms with E-state index in [-0.39, 0.29) is 17.3 Å². The van der Waals surface area contributed by atoms with Crippen LogP contribution in [-0.2, 0) is 10.0 Å². The number of hydrogen-bond donors (Lipinski definition) is 2. The summed E-state index contributed by atoms with van der Waals surface area (Å²) < 4.78 is 25.6. The summed E-state index contributed by atoms with van der Waals surface area (Å²) in [6.45, 7) is 2.99. The number of nitrogens with zero attached hydrogens (tertiary/aromatic N) is 2. The summed E-state index contributed by atoms with van der Waals surface area (Å²) >= 11 is 0. The van der Waals surface area contributed by atoms with Gasteiger partial charge in [-0.15, -0.1) is 0 Å². The van der Waals surface area contributed by atoms with Crippen LogP contribution in [0.3, 0.4) is 0 Å². The zero-order valence-corrected chi connectivity index (χ0v) is 10.9. The number of pyridine rings is 1. The monoisotopic (exact) mass is 259 g/mol. The normalized spacial score (nSPS) is 13.0. The van der Waals surface area contributed by atoms with Crippen molar-refractivity contribution in [2.24, 2.45) is 0 Å². The first-order valence-corrected chi connectivity index (χ1v) is 6.47. The minimum Gasteiger partial charge on any atom is -0.394 e. The number of anilines is 1. The van der Waals surface area contributed by atoms with E-state index >= 15 is 0 Å². The number of nitrogens with two attached hydrogens (primary N) is 1. The number of aliphatic hydroxyl groups excluding tert-OH is 1. The lowest BCUT2D eigenvalue weighted by Gasteiger charge is -2.32. The Kier molecular flexibility index (Phi) is 3.75. The fourth-order valence-electron chi connectivity index (χ4n) is 1.17. The first-order chi connectivity index (χ1) is 7.71. The third-order valence-corrected chi connectivity index (χ3v) is 4.72. The molecule has 0 saturated heterocycles. The lowest BCUT2D eigenvalue weighted by molar-refractivity contribution is 0.138. The minimum atomic E-state index is -3.68. The molecule has 0 fully saturated rings. The van der Waals surface area contributed by atoms with Gasteiger partial charge < -0.3 is 10.8 Å². The van der Waals surface area contributed by atoms with Gasteiger partial charge in [-0.2, -0.15) is 4.31 Å². The summed E-state index contributed by atoms with van der Waals surface area (Å²) in [5.41, 5.74) is 4.58. The molecule has 0 unspecified atom stereocenters. The van der Waals surface area contributed by atoms with Crippen molar-refractivity contribution in [3.05, 3.63) is 18.3 Å². The summed E-state index contributed by atoms with van der Waals surface area (Å²) in [7, 11) is -2.26. The van der Waals surface area contributed by atoms with Crippen LogP contribution in [-0.4, -0.2) is 42.0 Å². The van der Waals surface area contributed by atoms with Gasteiger partial charge in [0.2, 0.25) is 10.0 Å². The SMILES string of the molecule is CN(C(C)(C)CO)S(=O)(=O)c1ccnc(N)c1. The van der Waals surface area contributed by atoms with Gasteiger partial charge in [-0.25, -0.2) is 13.4 Å². The lowest BCUT2D eigenvalue weighted by Crippen LogP contribution is -2.47. The van der Waals surface area contributed by atoms with Crippen LogP contribution in [0, 0.1) is 0 Å². The lowest BCUT2D eigenvalue weighted by atomic mass is 10.1. The number of aromatic nitrogens is 1. The average Bonchev–Trinajstić information content (AvgIpc) is 2.28. The molecule has 1 heterocycles. The molecule has 0 aliphatic heterocycles. The predicted molar refractivity (Wildman–Crippen MR) is 64.8 cm³/mol. The molecule has 0 saturated carbocycles. The zero-order valence-electron chi connectivity index (χ0n) is 10.1. The third kappa shape index (κ3) is 2.74. The maximum Gasteiger partial charge on any atom is 0.243 e. The minimum absolute atomic E-state index is 0.0639. The van der Waals surface area contributed by atoms with Crippen LogP contribution in [0.25, 0.3) is 0 Å². The molecule has 0 atom stereocenters. The molecule has 17 heavy (non-hydrogen) atoms. The molecular weight excluding hydrogens is 242 g/mol. The van der Waals surface area contributed by atoms with E-state index in [0.29, 0.717) is 0 Å². The topological polar surface area (TPSA) is 96.5 Å². The largest absolute Gasteiger partial charge is 0.394 e. The van der Waals surface area contributed by atoms with Crippen LogP contribution in [0.1, 0.15) is 13.8 Å². The van der Waals surface area contributed by atoms with Crippen molar-refractivity contribution < 1.29 is 13.5 Å². The molecule has 0 aromatic carbocycles. The molecule has 0 aliphatic rings. The van der Waals surface area contributed by atoms with Crippen molar-refractivity contribution >= 4 is 15.8 Å². The molecule has 0 aliphatic carbocycles. The second kappa shape index (κ2) is 4.59. The highest BCUT2D eigenvalue weighted by Gasteiger charge is 2.33. The predicted octanol–water partition coefficient (Wildman–Crippen LogP) is 0.0552. The Hall–Kier alpha value is -1.18. The Morgan fingerprint density at radius 1 is 1.53 bits per heavy atom. The van der Waals surface area contributed by atoms with Gasteiger partial charge in [0.25, 0.3) is 0 Å². The van der Waals surface area contributed by atoms with Crippen molar-refractivity contribution in [2.75, 3.05) is 19.4 Å². The Labute approximate surface area is 101 Å². The molecule has 0 radical (unpaired) electrons. The van der Waals surface area contributed by atoms with Crippen molar-refractivity contribution in [1.82, 2.24) is 9.29 Å². The van der Waals surface area contributed by atoms with Gasteiger partial charge >= 0.3 is 0 Å². The Morgan fingerprint density at radius 3 is 2.59 bits per heavy atom. The standard InChI is InChI=1S/C10H17N3O3S/c1-10(2,7-14)13(3)17(15,16)8-4-5-12-9(11)6-8/h4-6,14H,7H2,1-3H3,(H2,11,12). The van der Waals surface area contributed by atoms with E-state index in [1.807, 2.05) is 0 Å². The van der Waals surface area contributed by atoms with E-state index in [1.54, 1.807) is 13.8 Å². The molecule has 1 rings (SSSR count). The smallest absolute Gasteiger partial charge is 0.243 e. The number of aliphatic hydroxyl groups is 1. The molecule has 96 valence electrons. The highest BCUT2D eigenvalue weighted by molar-refractivity contribution is 7.89. The molecule has 3 N–H and O–H groups in total.